The van der Waals surface area contributed by atoms with Crippen LogP contribution < -0.4 is 11.1 Å². The summed E-state index contributed by atoms with van der Waals surface area (Å²) in [6.07, 6.45) is 0.955. The second-order valence-corrected chi connectivity index (χ2v) is 4.67. The summed E-state index contributed by atoms with van der Waals surface area (Å²) in [5.74, 6) is -0.149. The molecule has 1 rings (SSSR count). The van der Waals surface area contributed by atoms with Crippen molar-refractivity contribution in [3.63, 3.8) is 0 Å². The molecule has 0 heterocycles. The fraction of sp³-hybridized carbons (Fsp3) is 0.429. The highest BCUT2D eigenvalue weighted by Gasteiger charge is 2.11. The van der Waals surface area contributed by atoms with Gasteiger partial charge in [0.2, 0.25) is 11.8 Å². The van der Waals surface area contributed by atoms with Gasteiger partial charge in [-0.05, 0) is 24.1 Å². The predicted octanol–water partition coefficient (Wildman–Crippen LogP) is 0.993. The zero-order chi connectivity index (χ0) is 14.4. The zero-order valence-electron chi connectivity index (χ0n) is 11.6. The first-order valence-corrected chi connectivity index (χ1v) is 6.29. The maximum Gasteiger partial charge on any atom is 0.241 e. The topological polar surface area (TPSA) is 75.4 Å². The lowest BCUT2D eigenvalue weighted by molar-refractivity contribution is -0.128. The molecule has 5 heteroatoms. The van der Waals surface area contributed by atoms with Crippen molar-refractivity contribution in [2.75, 3.05) is 19.4 Å². The third-order valence-corrected chi connectivity index (χ3v) is 2.85. The fourth-order valence-corrected chi connectivity index (χ4v) is 1.46. The van der Waals surface area contributed by atoms with Crippen molar-refractivity contribution in [3.05, 3.63) is 29.8 Å². The molecule has 19 heavy (non-hydrogen) atoms. The van der Waals surface area contributed by atoms with Gasteiger partial charge in [-0.1, -0.05) is 19.1 Å². The van der Waals surface area contributed by atoms with E-state index in [9.17, 15) is 9.59 Å². The summed E-state index contributed by atoms with van der Waals surface area (Å²) in [5.41, 5.74) is 7.23. The smallest absolute Gasteiger partial charge is 0.241 e. The monoisotopic (exact) mass is 263 g/mol. The van der Waals surface area contributed by atoms with E-state index in [1.807, 2.05) is 19.1 Å². The maximum absolute atomic E-state index is 11.6. The van der Waals surface area contributed by atoms with Gasteiger partial charge in [0.15, 0.2) is 0 Å². The number of rotatable bonds is 5. The second kappa shape index (κ2) is 6.89. The Morgan fingerprint density at radius 3 is 2.32 bits per heavy atom. The van der Waals surface area contributed by atoms with Crippen LogP contribution in [0, 0.1) is 0 Å². The number of benzene rings is 1. The molecule has 0 fully saturated rings. The van der Waals surface area contributed by atoms with Gasteiger partial charge in [-0.25, -0.2) is 0 Å². The Bertz CT molecular complexity index is 441. The van der Waals surface area contributed by atoms with Gasteiger partial charge in [0.25, 0.3) is 0 Å². The molecule has 0 radical (unpaired) electrons. The van der Waals surface area contributed by atoms with Gasteiger partial charge in [0.05, 0.1) is 12.5 Å². The van der Waals surface area contributed by atoms with Crippen LogP contribution >= 0.6 is 0 Å². The van der Waals surface area contributed by atoms with Gasteiger partial charge < -0.3 is 16.0 Å². The molecule has 5 nitrogen and oxygen atoms in total. The SMILES string of the molecule is CC[C@@H](N)C(=O)Nc1ccc(CC(=O)N(C)C)cc1. The van der Waals surface area contributed by atoms with E-state index in [2.05, 4.69) is 5.32 Å². The van der Waals surface area contributed by atoms with Crippen molar-refractivity contribution in [1.29, 1.82) is 0 Å². The number of carbonyl (C=O) groups is 2. The first-order chi connectivity index (χ1) is 8.93. The molecule has 0 aliphatic heterocycles. The number of amides is 2. The molecule has 3 N–H and O–H groups in total. The normalized spacial score (nSPS) is 11.8. The van der Waals surface area contributed by atoms with Crippen molar-refractivity contribution >= 4 is 17.5 Å². The number of nitrogens with one attached hydrogen (secondary N) is 1. The van der Waals surface area contributed by atoms with Gasteiger partial charge >= 0.3 is 0 Å². The number of hydrogen-bond acceptors (Lipinski definition) is 3. The minimum Gasteiger partial charge on any atom is -0.349 e. The average Bonchev–Trinajstić information content (AvgIpc) is 2.39. The Kier molecular flexibility index (Phi) is 5.51. The van der Waals surface area contributed by atoms with Crippen molar-refractivity contribution in [2.24, 2.45) is 5.73 Å². The molecule has 1 atom stereocenters. The Balaban J connectivity index is 2.62. The van der Waals surface area contributed by atoms with Gasteiger partial charge in [0.1, 0.15) is 0 Å². The van der Waals surface area contributed by atoms with Crippen LogP contribution in [0.5, 0.6) is 0 Å². The summed E-state index contributed by atoms with van der Waals surface area (Å²) >= 11 is 0. The molecule has 0 saturated heterocycles. The molecule has 0 bridgehead atoms. The van der Waals surface area contributed by atoms with Crippen LogP contribution in [-0.4, -0.2) is 36.9 Å². The van der Waals surface area contributed by atoms with Gasteiger partial charge in [0, 0.05) is 19.8 Å². The molecule has 0 spiro atoms. The minimum atomic E-state index is -0.491. The fourth-order valence-electron chi connectivity index (χ4n) is 1.46. The Morgan fingerprint density at radius 1 is 1.26 bits per heavy atom. The van der Waals surface area contributed by atoms with Crippen LogP contribution in [-0.2, 0) is 16.0 Å². The summed E-state index contributed by atoms with van der Waals surface area (Å²) in [5, 5.41) is 2.74. The Labute approximate surface area is 113 Å². The first-order valence-electron chi connectivity index (χ1n) is 6.29. The van der Waals surface area contributed by atoms with Crippen LogP contribution in [0.25, 0.3) is 0 Å². The van der Waals surface area contributed by atoms with Crippen molar-refractivity contribution in [1.82, 2.24) is 4.90 Å². The van der Waals surface area contributed by atoms with Gasteiger partial charge in [-0.15, -0.1) is 0 Å². The van der Waals surface area contributed by atoms with Gasteiger partial charge in [-0.2, -0.15) is 0 Å². The summed E-state index contributed by atoms with van der Waals surface area (Å²) < 4.78 is 0. The number of likely N-dealkylation sites (N-methyl/N-ethyl adjacent to an activating group) is 1. The van der Waals surface area contributed by atoms with E-state index in [1.54, 1.807) is 31.1 Å². The molecule has 0 unspecified atom stereocenters. The molecule has 1 aromatic rings. The summed E-state index contributed by atoms with van der Waals surface area (Å²) in [7, 11) is 3.45. The van der Waals surface area contributed by atoms with E-state index in [0.717, 1.165) is 5.56 Å². The van der Waals surface area contributed by atoms with Crippen molar-refractivity contribution in [3.8, 4) is 0 Å². The highest BCUT2D eigenvalue weighted by atomic mass is 16.2. The molecular weight excluding hydrogens is 242 g/mol. The van der Waals surface area contributed by atoms with E-state index < -0.39 is 6.04 Å². The zero-order valence-corrected chi connectivity index (χ0v) is 11.6. The quantitative estimate of drug-likeness (QED) is 0.832. The van der Waals surface area contributed by atoms with E-state index in [-0.39, 0.29) is 11.8 Å². The number of carbonyl (C=O) groups excluding carboxylic acids is 2. The van der Waals surface area contributed by atoms with Crippen LogP contribution in [0.2, 0.25) is 0 Å². The average molecular weight is 263 g/mol. The number of anilines is 1. The lowest BCUT2D eigenvalue weighted by atomic mass is 10.1. The van der Waals surface area contributed by atoms with Crippen molar-refractivity contribution in [2.45, 2.75) is 25.8 Å². The van der Waals surface area contributed by atoms with Gasteiger partial charge in [-0.3, -0.25) is 9.59 Å². The largest absolute Gasteiger partial charge is 0.349 e. The van der Waals surface area contributed by atoms with Crippen LogP contribution in [0.1, 0.15) is 18.9 Å². The molecule has 0 aromatic heterocycles. The highest BCUT2D eigenvalue weighted by Crippen LogP contribution is 2.11. The summed E-state index contributed by atoms with van der Waals surface area (Å²) in [4.78, 5) is 24.7. The minimum absolute atomic E-state index is 0.0461. The standard InChI is InChI=1S/C14H21N3O2/c1-4-12(15)14(19)16-11-7-5-10(6-8-11)9-13(18)17(2)3/h5-8,12H,4,9,15H2,1-3H3,(H,16,19)/t12-/m1/s1. The van der Waals surface area contributed by atoms with Crippen LogP contribution in [0.4, 0.5) is 5.69 Å². The summed E-state index contributed by atoms with van der Waals surface area (Å²) in [6, 6.07) is 6.72. The maximum atomic E-state index is 11.6. The molecule has 2 amide bonds. The second-order valence-electron chi connectivity index (χ2n) is 4.67. The number of hydrogen-bond donors (Lipinski definition) is 2. The molecule has 0 saturated carbocycles. The highest BCUT2D eigenvalue weighted by molar-refractivity contribution is 5.94. The third kappa shape index (κ3) is 4.71. The number of nitrogens with two attached hydrogens (primary N) is 1. The van der Waals surface area contributed by atoms with Crippen LogP contribution in [0.15, 0.2) is 24.3 Å². The third-order valence-electron chi connectivity index (χ3n) is 2.85. The van der Waals surface area contributed by atoms with E-state index in [1.165, 1.54) is 0 Å². The molecule has 0 aliphatic rings. The predicted molar refractivity (Wildman–Crippen MR) is 75.7 cm³/mol. The lowest BCUT2D eigenvalue weighted by Crippen LogP contribution is -2.34. The lowest BCUT2D eigenvalue weighted by Gasteiger charge is -2.12. The first kappa shape index (κ1) is 15.2. The molecule has 1 aromatic carbocycles. The Hall–Kier alpha value is -1.88. The molecule has 104 valence electrons. The Morgan fingerprint density at radius 2 is 1.84 bits per heavy atom. The van der Waals surface area contributed by atoms with E-state index in [0.29, 0.717) is 18.5 Å². The van der Waals surface area contributed by atoms with E-state index in [4.69, 9.17) is 5.73 Å². The van der Waals surface area contributed by atoms with Crippen LogP contribution in [0.3, 0.4) is 0 Å². The molecule has 0 aliphatic carbocycles. The van der Waals surface area contributed by atoms with Crippen molar-refractivity contribution < 1.29 is 9.59 Å². The summed E-state index contributed by atoms with van der Waals surface area (Å²) in [6.45, 7) is 1.86. The van der Waals surface area contributed by atoms with E-state index >= 15 is 0 Å². The number of nitrogens with zero attached hydrogens (tertiary/aromatic N) is 1. The molecular formula is C14H21N3O2.